The topological polar surface area (TPSA) is 171 Å². The fourth-order valence-electron chi connectivity index (χ4n) is 5.61. The molecule has 4 N–H and O–H groups in total. The van der Waals surface area contributed by atoms with Gasteiger partial charge in [-0.2, -0.15) is 5.26 Å². The number of fused-ring (bicyclic) bond motifs is 1. The zero-order valence-electron chi connectivity index (χ0n) is 26.1. The van der Waals surface area contributed by atoms with E-state index >= 15 is 0 Å². The van der Waals surface area contributed by atoms with Crippen molar-refractivity contribution >= 4 is 29.3 Å². The number of nitriles is 1. The van der Waals surface area contributed by atoms with Crippen molar-refractivity contribution in [1.29, 1.82) is 5.26 Å². The Hall–Kier alpha value is -5.35. The largest absolute Gasteiger partial charge is 0.488 e. The number of nitrogens with one attached hydrogen (secondary N) is 2. The number of hydrogen-bond acceptors (Lipinski definition) is 9. The summed E-state index contributed by atoms with van der Waals surface area (Å²) in [6.07, 6.45) is 3.13. The van der Waals surface area contributed by atoms with Gasteiger partial charge in [-0.1, -0.05) is 48.0 Å². The fourth-order valence-corrected chi connectivity index (χ4v) is 5.84. The van der Waals surface area contributed by atoms with E-state index in [1.54, 1.807) is 42.6 Å². The van der Waals surface area contributed by atoms with Crippen molar-refractivity contribution < 1.29 is 38.5 Å². The molecule has 0 radical (unpaired) electrons. The zero-order chi connectivity index (χ0) is 34.9. The number of benzene rings is 3. The molecule has 0 aliphatic heterocycles. The maximum absolute atomic E-state index is 14.7. The highest BCUT2D eigenvalue weighted by atomic mass is 35.5. The number of aromatic nitrogens is 1. The molecule has 49 heavy (non-hydrogen) atoms. The molecule has 3 aromatic carbocycles. The monoisotopic (exact) mass is 686 g/mol. The Bertz CT molecular complexity index is 1910. The number of nitrogens with zero attached hydrogens (tertiary/aromatic N) is 2. The van der Waals surface area contributed by atoms with Crippen molar-refractivity contribution in [1.82, 2.24) is 15.6 Å². The molecule has 0 bridgehead atoms. The predicted molar refractivity (Wildman–Crippen MR) is 176 cm³/mol. The Kier molecular flexibility index (Phi) is 11.5. The van der Waals surface area contributed by atoms with Gasteiger partial charge in [0, 0.05) is 41.7 Å². The number of halogens is 2. The van der Waals surface area contributed by atoms with E-state index in [2.05, 4.69) is 15.6 Å². The average molecular weight is 687 g/mol. The summed E-state index contributed by atoms with van der Waals surface area (Å²) in [4.78, 5) is 39.4. The molecule has 4 aromatic rings. The molecule has 1 heterocycles. The molecule has 0 saturated heterocycles. The Morgan fingerprint density at radius 1 is 1.08 bits per heavy atom. The number of aliphatic hydroxyl groups excluding tert-OH is 1. The second-order valence-corrected chi connectivity index (χ2v) is 11.7. The minimum absolute atomic E-state index is 0.0548. The number of amides is 1. The molecule has 1 aliphatic carbocycles. The Labute approximate surface area is 286 Å². The second-order valence-electron chi connectivity index (χ2n) is 11.3. The maximum atomic E-state index is 14.7. The first-order chi connectivity index (χ1) is 23.7. The average Bonchev–Trinajstić information content (AvgIpc) is 3.50. The van der Waals surface area contributed by atoms with Crippen molar-refractivity contribution in [2.45, 2.75) is 44.6 Å². The number of carbonyl (C=O) groups is 3. The van der Waals surface area contributed by atoms with Gasteiger partial charge in [0.25, 0.3) is 0 Å². The molecule has 13 heteroatoms. The summed E-state index contributed by atoms with van der Waals surface area (Å²) in [7, 11) is 0. The van der Waals surface area contributed by atoms with Gasteiger partial charge in [-0.25, -0.2) is 4.39 Å². The van der Waals surface area contributed by atoms with Crippen LogP contribution >= 0.6 is 11.6 Å². The van der Waals surface area contributed by atoms with E-state index in [0.29, 0.717) is 46.6 Å². The summed E-state index contributed by atoms with van der Waals surface area (Å²) < 4.78 is 27.3. The molecule has 0 fully saturated rings. The molecule has 252 valence electrons. The lowest BCUT2D eigenvalue weighted by Crippen LogP contribution is -2.47. The first kappa shape index (κ1) is 35.0. The summed E-state index contributed by atoms with van der Waals surface area (Å²) in [6, 6.07) is 18.0. The molecular weight excluding hydrogens is 655 g/mol. The van der Waals surface area contributed by atoms with Gasteiger partial charge in [0.2, 0.25) is 5.91 Å². The molecule has 0 spiro atoms. The SMILES string of the molecule is N#Cc1cncc(COc2cc(O[C@H]3CCc4c(-c5ccccc5F)cccc43)c(Cl)cc2CNCC(=O)N[C@@H](CO)C(=O)CC(=O)O)c1. The molecule has 0 saturated carbocycles. The molecule has 2 atom stereocenters. The van der Waals surface area contributed by atoms with Gasteiger partial charge in [-0.3, -0.25) is 19.4 Å². The molecule has 1 amide bonds. The van der Waals surface area contributed by atoms with Gasteiger partial charge in [-0.05, 0) is 47.7 Å². The summed E-state index contributed by atoms with van der Waals surface area (Å²) >= 11 is 6.72. The Morgan fingerprint density at radius 2 is 1.88 bits per heavy atom. The van der Waals surface area contributed by atoms with Crippen LogP contribution in [0, 0.1) is 17.1 Å². The lowest BCUT2D eigenvalue weighted by Gasteiger charge is -2.20. The second kappa shape index (κ2) is 16.2. The van der Waals surface area contributed by atoms with E-state index in [1.807, 2.05) is 24.3 Å². The highest BCUT2D eigenvalue weighted by molar-refractivity contribution is 6.32. The molecule has 0 unspecified atom stereocenters. The van der Waals surface area contributed by atoms with Crippen LogP contribution < -0.4 is 20.1 Å². The number of aliphatic hydroxyl groups is 1. The highest BCUT2D eigenvalue weighted by Gasteiger charge is 2.28. The summed E-state index contributed by atoms with van der Waals surface area (Å²) in [5.74, 6) is -2.42. The minimum atomic E-state index is -1.37. The predicted octanol–water partition coefficient (Wildman–Crippen LogP) is 4.67. The third-order valence-corrected chi connectivity index (χ3v) is 8.21. The van der Waals surface area contributed by atoms with E-state index in [1.165, 1.54) is 12.3 Å². The number of carbonyl (C=O) groups excluding carboxylic acids is 2. The van der Waals surface area contributed by atoms with E-state index in [0.717, 1.165) is 16.7 Å². The number of Topliss-reactive ketones (excluding diaryl/α,β-unsaturated/α-hetero) is 1. The standard InChI is InChI=1S/C36H32ClFN4O7/c37-28-11-23(17-41-18-35(45)42-30(19-43)31(44)12-36(46)47)33(48-20-22-10-21(14-39)15-40-16-22)13-34(28)49-32-9-8-25-24(5-3-6-27(25)32)26-4-1-2-7-29(26)38/h1-7,10-11,13,15-16,30,32,41,43H,8-9,12,17-20H2,(H,42,45)(H,46,47)/t30-,32-/m0/s1. The van der Waals surface area contributed by atoms with Crippen LogP contribution in [0.2, 0.25) is 5.02 Å². The number of hydrogen-bond donors (Lipinski definition) is 4. The Morgan fingerprint density at radius 3 is 2.63 bits per heavy atom. The number of carboxylic acid groups (broad SMARTS) is 1. The molecule has 11 nitrogen and oxygen atoms in total. The molecule has 5 rings (SSSR count). The molecular formula is C36H32ClFN4O7. The lowest BCUT2D eigenvalue weighted by atomic mass is 9.96. The van der Waals surface area contributed by atoms with E-state index in [-0.39, 0.29) is 36.6 Å². The molecule has 1 aromatic heterocycles. The smallest absolute Gasteiger partial charge is 0.310 e. The summed E-state index contributed by atoms with van der Waals surface area (Å²) in [5.41, 5.74) is 4.83. The third-order valence-electron chi connectivity index (χ3n) is 7.92. The quantitative estimate of drug-likeness (QED) is 0.129. The van der Waals surface area contributed by atoms with Gasteiger partial charge < -0.3 is 30.3 Å². The lowest BCUT2D eigenvalue weighted by molar-refractivity contribution is -0.141. The van der Waals surface area contributed by atoms with Crippen molar-refractivity contribution in [2.24, 2.45) is 0 Å². The summed E-state index contributed by atoms with van der Waals surface area (Å²) in [6.45, 7) is -0.877. The number of rotatable bonds is 15. The van der Waals surface area contributed by atoms with Gasteiger partial charge in [0.05, 0.1) is 23.7 Å². The van der Waals surface area contributed by atoms with Crippen LogP contribution in [-0.4, -0.2) is 52.1 Å². The highest BCUT2D eigenvalue weighted by Crippen LogP contribution is 2.43. The number of carboxylic acids is 1. The maximum Gasteiger partial charge on any atom is 0.310 e. The zero-order valence-corrected chi connectivity index (χ0v) is 26.9. The van der Waals surface area contributed by atoms with Crippen LogP contribution in [0.5, 0.6) is 11.5 Å². The van der Waals surface area contributed by atoms with Crippen molar-refractivity contribution in [3.63, 3.8) is 0 Å². The van der Waals surface area contributed by atoms with E-state index < -0.39 is 36.7 Å². The number of aliphatic carboxylic acids is 1. The van der Waals surface area contributed by atoms with Gasteiger partial charge in [0.15, 0.2) is 5.78 Å². The van der Waals surface area contributed by atoms with Crippen molar-refractivity contribution in [2.75, 3.05) is 13.2 Å². The van der Waals surface area contributed by atoms with Crippen LogP contribution in [0.25, 0.3) is 11.1 Å². The van der Waals surface area contributed by atoms with Crippen molar-refractivity contribution in [3.05, 3.63) is 112 Å². The van der Waals surface area contributed by atoms with Crippen molar-refractivity contribution in [3.8, 4) is 28.7 Å². The van der Waals surface area contributed by atoms with Gasteiger partial charge in [-0.15, -0.1) is 0 Å². The van der Waals surface area contributed by atoms with Gasteiger partial charge in [0.1, 0.15) is 48.6 Å². The third kappa shape index (κ3) is 8.77. The van der Waals surface area contributed by atoms with Crippen LogP contribution in [0.4, 0.5) is 4.39 Å². The first-order valence-electron chi connectivity index (χ1n) is 15.3. The Balaban J connectivity index is 1.34. The number of pyridine rings is 1. The summed E-state index contributed by atoms with van der Waals surface area (Å²) in [5, 5.41) is 33.1. The first-order valence-corrected chi connectivity index (χ1v) is 15.7. The number of ether oxygens (including phenoxy) is 2. The van der Waals surface area contributed by atoms with Crippen LogP contribution in [0.15, 0.2) is 73.1 Å². The van der Waals surface area contributed by atoms with Crippen LogP contribution in [0.3, 0.4) is 0 Å². The normalized spacial score (nSPS) is 14.0. The van der Waals surface area contributed by atoms with E-state index in [9.17, 15) is 29.1 Å². The minimum Gasteiger partial charge on any atom is -0.488 e. The fraction of sp³-hybridized carbons (Fsp3) is 0.250. The van der Waals surface area contributed by atoms with Gasteiger partial charge >= 0.3 is 5.97 Å². The molecule has 1 aliphatic rings. The van der Waals surface area contributed by atoms with E-state index in [4.69, 9.17) is 26.2 Å². The number of ketones is 1. The van der Waals surface area contributed by atoms with Crippen LogP contribution in [-0.2, 0) is 34.0 Å². The van der Waals surface area contributed by atoms with Crippen LogP contribution in [0.1, 0.15) is 46.8 Å².